The van der Waals surface area contributed by atoms with E-state index >= 15 is 0 Å². The maximum absolute atomic E-state index is 5.99. The van der Waals surface area contributed by atoms with E-state index in [1.807, 2.05) is 18.2 Å². The van der Waals surface area contributed by atoms with Crippen LogP contribution in [0.3, 0.4) is 0 Å². The number of hydrogen-bond donors (Lipinski definition) is 2. The molecule has 1 aromatic carbocycles. The molecule has 2 nitrogen and oxygen atoms in total. The van der Waals surface area contributed by atoms with Crippen molar-refractivity contribution in [1.82, 2.24) is 10.6 Å². The molecule has 0 heterocycles. The van der Waals surface area contributed by atoms with Crippen LogP contribution >= 0.6 is 23.8 Å². The number of nitrogens with one attached hydrogen (secondary N) is 2. The van der Waals surface area contributed by atoms with Gasteiger partial charge in [0.1, 0.15) is 0 Å². The van der Waals surface area contributed by atoms with Gasteiger partial charge in [-0.15, -0.1) is 0 Å². The largest absolute Gasteiger partial charge is 0.360 e. The van der Waals surface area contributed by atoms with E-state index in [-0.39, 0.29) is 6.04 Å². The second kappa shape index (κ2) is 6.39. The highest BCUT2D eigenvalue weighted by Crippen LogP contribution is 2.19. The minimum absolute atomic E-state index is 0.171. The molecule has 0 bridgehead atoms. The van der Waals surface area contributed by atoms with E-state index in [2.05, 4.69) is 23.6 Å². The molecule has 1 atom stereocenters. The van der Waals surface area contributed by atoms with E-state index in [9.17, 15) is 0 Å². The van der Waals surface area contributed by atoms with Gasteiger partial charge in [0, 0.05) is 11.1 Å². The zero-order chi connectivity index (χ0) is 13.0. The zero-order valence-electron chi connectivity index (χ0n) is 10.6. The number of thiocarbonyl (C=S) groups is 1. The Morgan fingerprint density at radius 3 is 2.78 bits per heavy atom. The van der Waals surface area contributed by atoms with E-state index in [4.69, 9.17) is 23.8 Å². The van der Waals surface area contributed by atoms with Crippen LogP contribution in [0.2, 0.25) is 5.02 Å². The Balaban J connectivity index is 1.86. The summed E-state index contributed by atoms with van der Waals surface area (Å²) in [5.74, 6) is 0. The molecule has 2 rings (SSSR count). The maximum atomic E-state index is 5.99. The molecular weight excluding hydrogens is 264 g/mol. The fraction of sp³-hybridized carbons (Fsp3) is 0.500. The van der Waals surface area contributed by atoms with Crippen LogP contribution in [0.15, 0.2) is 24.3 Å². The van der Waals surface area contributed by atoms with Crippen molar-refractivity contribution in [1.29, 1.82) is 0 Å². The molecule has 1 saturated carbocycles. The van der Waals surface area contributed by atoms with Crippen LogP contribution in [0, 0.1) is 0 Å². The predicted molar refractivity (Wildman–Crippen MR) is 81.0 cm³/mol. The van der Waals surface area contributed by atoms with Crippen molar-refractivity contribution in [2.45, 2.75) is 44.7 Å². The summed E-state index contributed by atoms with van der Waals surface area (Å²) in [7, 11) is 0. The molecule has 2 N–H and O–H groups in total. The lowest BCUT2D eigenvalue weighted by Crippen LogP contribution is -2.41. The Morgan fingerprint density at radius 1 is 1.39 bits per heavy atom. The van der Waals surface area contributed by atoms with Crippen LogP contribution in [0.25, 0.3) is 0 Å². The van der Waals surface area contributed by atoms with E-state index < -0.39 is 0 Å². The Hall–Kier alpha value is -0.800. The van der Waals surface area contributed by atoms with Gasteiger partial charge in [0.25, 0.3) is 0 Å². The van der Waals surface area contributed by atoms with Crippen molar-refractivity contribution in [3.05, 3.63) is 34.9 Å². The van der Waals surface area contributed by atoms with Gasteiger partial charge in [-0.2, -0.15) is 0 Å². The van der Waals surface area contributed by atoms with Crippen LogP contribution < -0.4 is 10.6 Å². The molecule has 0 radical (unpaired) electrons. The summed E-state index contributed by atoms with van der Waals surface area (Å²) in [6.45, 7) is 2.09. The van der Waals surface area contributed by atoms with E-state index in [1.165, 1.54) is 25.7 Å². The molecule has 18 heavy (non-hydrogen) atoms. The predicted octanol–water partition coefficient (Wildman–Crippen LogP) is 3.81. The van der Waals surface area contributed by atoms with Gasteiger partial charge < -0.3 is 10.6 Å². The summed E-state index contributed by atoms with van der Waals surface area (Å²) in [5, 5.41) is 8.20. The first-order valence-electron chi connectivity index (χ1n) is 6.47. The molecule has 0 aliphatic heterocycles. The first-order valence-corrected chi connectivity index (χ1v) is 7.26. The first-order chi connectivity index (χ1) is 8.65. The maximum Gasteiger partial charge on any atom is 0.166 e. The smallest absolute Gasteiger partial charge is 0.166 e. The molecule has 0 aromatic heterocycles. The summed E-state index contributed by atoms with van der Waals surface area (Å²) in [5.41, 5.74) is 1.15. The van der Waals surface area contributed by atoms with Crippen molar-refractivity contribution in [3.8, 4) is 0 Å². The number of halogens is 1. The summed E-state index contributed by atoms with van der Waals surface area (Å²) >= 11 is 11.3. The Morgan fingerprint density at radius 2 is 2.11 bits per heavy atom. The van der Waals surface area contributed by atoms with Crippen LogP contribution in [-0.4, -0.2) is 11.2 Å². The van der Waals surface area contributed by atoms with Crippen molar-refractivity contribution in [3.63, 3.8) is 0 Å². The fourth-order valence-corrected chi connectivity index (χ4v) is 2.90. The topological polar surface area (TPSA) is 24.1 Å². The van der Waals surface area contributed by atoms with Crippen molar-refractivity contribution < 1.29 is 0 Å². The van der Waals surface area contributed by atoms with E-state index in [1.54, 1.807) is 0 Å². The monoisotopic (exact) mass is 282 g/mol. The zero-order valence-corrected chi connectivity index (χ0v) is 12.2. The second-order valence-electron chi connectivity index (χ2n) is 4.88. The van der Waals surface area contributed by atoms with Gasteiger partial charge in [-0.05, 0) is 49.7 Å². The molecule has 1 aliphatic rings. The van der Waals surface area contributed by atoms with Gasteiger partial charge in [0.05, 0.1) is 6.04 Å². The van der Waals surface area contributed by atoms with Crippen molar-refractivity contribution >= 4 is 28.9 Å². The number of benzene rings is 1. The SMILES string of the molecule is CC(NC(=S)NC1CCCC1)c1cccc(Cl)c1. The highest BCUT2D eigenvalue weighted by Gasteiger charge is 2.16. The van der Waals surface area contributed by atoms with Crippen molar-refractivity contribution in [2.75, 3.05) is 0 Å². The molecule has 0 saturated heterocycles. The third-order valence-corrected chi connectivity index (χ3v) is 3.86. The fourth-order valence-electron chi connectivity index (χ4n) is 2.35. The van der Waals surface area contributed by atoms with Crippen LogP contribution in [0.1, 0.15) is 44.2 Å². The van der Waals surface area contributed by atoms with Gasteiger partial charge in [-0.25, -0.2) is 0 Å². The van der Waals surface area contributed by atoms with Gasteiger partial charge in [-0.1, -0.05) is 36.6 Å². The lowest BCUT2D eigenvalue weighted by atomic mass is 10.1. The third kappa shape index (κ3) is 3.85. The summed E-state index contributed by atoms with van der Waals surface area (Å²) in [6.07, 6.45) is 5.08. The molecule has 0 spiro atoms. The van der Waals surface area contributed by atoms with Crippen molar-refractivity contribution in [2.24, 2.45) is 0 Å². The Labute approximate surface area is 119 Å². The average Bonchev–Trinajstić information content (AvgIpc) is 2.81. The second-order valence-corrected chi connectivity index (χ2v) is 5.72. The lowest BCUT2D eigenvalue weighted by molar-refractivity contribution is 0.606. The Kier molecular flexibility index (Phi) is 4.84. The highest BCUT2D eigenvalue weighted by atomic mass is 35.5. The normalized spacial score (nSPS) is 17.4. The molecule has 4 heteroatoms. The van der Waals surface area contributed by atoms with Crippen LogP contribution in [-0.2, 0) is 0 Å². The molecule has 0 amide bonds. The standard InChI is InChI=1S/C14H19ClN2S/c1-10(11-5-4-6-12(15)9-11)16-14(18)17-13-7-2-3-8-13/h4-6,9-10,13H,2-3,7-8H2,1H3,(H2,16,17,18). The van der Waals surface area contributed by atoms with Crippen LogP contribution in [0.4, 0.5) is 0 Å². The van der Waals surface area contributed by atoms with Gasteiger partial charge in [-0.3, -0.25) is 0 Å². The molecule has 1 fully saturated rings. The summed E-state index contributed by atoms with van der Waals surface area (Å²) in [6, 6.07) is 8.59. The van der Waals surface area contributed by atoms with Gasteiger partial charge in [0.15, 0.2) is 5.11 Å². The third-order valence-electron chi connectivity index (χ3n) is 3.39. The number of hydrogen-bond acceptors (Lipinski definition) is 1. The number of rotatable bonds is 3. The molecular formula is C14H19ClN2S. The first kappa shape index (κ1) is 13.6. The minimum Gasteiger partial charge on any atom is -0.360 e. The van der Waals surface area contributed by atoms with Crippen LogP contribution in [0.5, 0.6) is 0 Å². The minimum atomic E-state index is 0.171. The average molecular weight is 283 g/mol. The van der Waals surface area contributed by atoms with E-state index in [0.717, 1.165) is 15.7 Å². The highest BCUT2D eigenvalue weighted by molar-refractivity contribution is 7.80. The Bertz CT molecular complexity index is 416. The summed E-state index contributed by atoms with van der Waals surface area (Å²) in [4.78, 5) is 0. The lowest BCUT2D eigenvalue weighted by Gasteiger charge is -2.20. The van der Waals surface area contributed by atoms with Gasteiger partial charge >= 0.3 is 0 Å². The molecule has 1 unspecified atom stereocenters. The molecule has 98 valence electrons. The molecule has 1 aliphatic carbocycles. The molecule has 1 aromatic rings. The van der Waals surface area contributed by atoms with Gasteiger partial charge in [0.2, 0.25) is 0 Å². The van der Waals surface area contributed by atoms with E-state index in [0.29, 0.717) is 6.04 Å². The quantitative estimate of drug-likeness (QED) is 0.825. The summed E-state index contributed by atoms with van der Waals surface area (Å²) < 4.78 is 0.